The van der Waals surface area contributed by atoms with Crippen molar-refractivity contribution in [2.45, 2.75) is 6.42 Å². The van der Waals surface area contributed by atoms with Crippen molar-refractivity contribution >= 4 is 5.78 Å². The Hall–Kier alpha value is -0.630. The summed E-state index contributed by atoms with van der Waals surface area (Å²) in [7, 11) is 0. The Bertz CT molecular complexity index is 181. The Morgan fingerprint density at radius 2 is 2.56 bits per heavy atom. The SMILES string of the molecule is O=C1C=C2COC[C@H]2C1. The van der Waals surface area contributed by atoms with Gasteiger partial charge in [-0.3, -0.25) is 4.79 Å². The molecular formula is C7H8O2. The molecule has 0 N–H and O–H groups in total. The Labute approximate surface area is 53.5 Å². The third-order valence-corrected chi connectivity index (χ3v) is 1.91. The normalized spacial score (nSPS) is 32.7. The number of carbonyl (C=O) groups is 1. The largest absolute Gasteiger partial charge is 0.376 e. The first kappa shape index (κ1) is 5.18. The Morgan fingerprint density at radius 1 is 1.67 bits per heavy atom. The Kier molecular flexibility index (Phi) is 0.963. The van der Waals surface area contributed by atoms with Gasteiger partial charge in [0.25, 0.3) is 0 Å². The van der Waals surface area contributed by atoms with E-state index >= 15 is 0 Å². The van der Waals surface area contributed by atoms with Gasteiger partial charge in [-0.05, 0) is 11.6 Å². The van der Waals surface area contributed by atoms with Crippen LogP contribution in [0.15, 0.2) is 11.6 Å². The number of hydrogen-bond acceptors (Lipinski definition) is 2. The fourth-order valence-electron chi connectivity index (χ4n) is 1.40. The molecule has 1 aliphatic heterocycles. The first-order valence-corrected chi connectivity index (χ1v) is 3.17. The molecule has 0 unspecified atom stereocenters. The number of rotatable bonds is 0. The van der Waals surface area contributed by atoms with E-state index < -0.39 is 0 Å². The van der Waals surface area contributed by atoms with E-state index in [1.807, 2.05) is 0 Å². The molecule has 2 rings (SSSR count). The summed E-state index contributed by atoms with van der Waals surface area (Å²) in [5.74, 6) is 0.718. The van der Waals surface area contributed by atoms with Gasteiger partial charge in [0.05, 0.1) is 13.2 Å². The highest BCUT2D eigenvalue weighted by molar-refractivity contribution is 5.93. The van der Waals surface area contributed by atoms with E-state index in [0.29, 0.717) is 18.9 Å². The highest BCUT2D eigenvalue weighted by Crippen LogP contribution is 2.28. The second-order valence-corrected chi connectivity index (χ2v) is 2.60. The van der Waals surface area contributed by atoms with E-state index in [1.165, 1.54) is 5.57 Å². The predicted molar refractivity (Wildman–Crippen MR) is 32.0 cm³/mol. The van der Waals surface area contributed by atoms with Crippen LogP contribution in [0.4, 0.5) is 0 Å². The maximum atomic E-state index is 10.7. The molecule has 1 atom stereocenters. The van der Waals surface area contributed by atoms with Crippen LogP contribution in [-0.4, -0.2) is 19.0 Å². The van der Waals surface area contributed by atoms with Crippen LogP contribution in [0.25, 0.3) is 0 Å². The highest BCUT2D eigenvalue weighted by Gasteiger charge is 2.29. The third kappa shape index (κ3) is 0.704. The summed E-state index contributed by atoms with van der Waals surface area (Å²) in [6.07, 6.45) is 2.42. The van der Waals surface area contributed by atoms with Crippen LogP contribution in [-0.2, 0) is 9.53 Å². The molecule has 1 saturated heterocycles. The van der Waals surface area contributed by atoms with E-state index in [4.69, 9.17) is 4.74 Å². The minimum Gasteiger partial charge on any atom is -0.376 e. The van der Waals surface area contributed by atoms with E-state index in [9.17, 15) is 4.79 Å². The molecule has 9 heavy (non-hydrogen) atoms. The molecule has 0 amide bonds. The van der Waals surface area contributed by atoms with E-state index in [2.05, 4.69) is 0 Å². The first-order chi connectivity index (χ1) is 4.36. The molecular weight excluding hydrogens is 116 g/mol. The van der Waals surface area contributed by atoms with Gasteiger partial charge in [-0.25, -0.2) is 0 Å². The number of ether oxygens (including phenoxy) is 1. The van der Waals surface area contributed by atoms with Crippen LogP contribution in [0.5, 0.6) is 0 Å². The van der Waals surface area contributed by atoms with Crippen molar-refractivity contribution in [1.82, 2.24) is 0 Å². The number of hydrogen-bond donors (Lipinski definition) is 0. The summed E-state index contributed by atoms with van der Waals surface area (Å²) in [6, 6.07) is 0. The highest BCUT2D eigenvalue weighted by atomic mass is 16.5. The minimum atomic E-state index is 0.276. The maximum Gasteiger partial charge on any atom is 0.156 e. The van der Waals surface area contributed by atoms with Gasteiger partial charge in [0, 0.05) is 12.3 Å². The molecule has 48 valence electrons. The van der Waals surface area contributed by atoms with Gasteiger partial charge in [-0.2, -0.15) is 0 Å². The quantitative estimate of drug-likeness (QED) is 0.471. The van der Waals surface area contributed by atoms with Gasteiger partial charge in [0.1, 0.15) is 0 Å². The van der Waals surface area contributed by atoms with Crippen LogP contribution < -0.4 is 0 Å². The van der Waals surface area contributed by atoms with Crippen LogP contribution in [0.1, 0.15) is 6.42 Å². The smallest absolute Gasteiger partial charge is 0.156 e. The third-order valence-electron chi connectivity index (χ3n) is 1.91. The van der Waals surface area contributed by atoms with Crippen molar-refractivity contribution in [2.75, 3.05) is 13.2 Å². The zero-order chi connectivity index (χ0) is 6.27. The molecule has 0 radical (unpaired) electrons. The maximum absolute atomic E-state index is 10.7. The number of allylic oxidation sites excluding steroid dienone is 1. The van der Waals surface area contributed by atoms with Crippen LogP contribution >= 0.6 is 0 Å². The second-order valence-electron chi connectivity index (χ2n) is 2.60. The Morgan fingerprint density at radius 3 is 3.33 bits per heavy atom. The zero-order valence-electron chi connectivity index (χ0n) is 5.09. The van der Waals surface area contributed by atoms with E-state index in [1.54, 1.807) is 6.08 Å². The summed E-state index contributed by atoms with van der Waals surface area (Å²) in [4.78, 5) is 10.7. The van der Waals surface area contributed by atoms with Crippen LogP contribution in [0.2, 0.25) is 0 Å². The van der Waals surface area contributed by atoms with Gasteiger partial charge in [0.15, 0.2) is 5.78 Å². The molecule has 0 bridgehead atoms. The topological polar surface area (TPSA) is 26.3 Å². The predicted octanol–water partition coefficient (Wildman–Crippen LogP) is 0.532. The summed E-state index contributed by atoms with van der Waals surface area (Å²) in [5.41, 5.74) is 1.21. The lowest BCUT2D eigenvalue weighted by atomic mass is 10.1. The van der Waals surface area contributed by atoms with Crippen molar-refractivity contribution in [3.63, 3.8) is 0 Å². The van der Waals surface area contributed by atoms with Crippen LogP contribution in [0, 0.1) is 5.92 Å². The average molecular weight is 124 g/mol. The lowest BCUT2D eigenvalue weighted by Crippen LogP contribution is -1.98. The summed E-state index contributed by atoms with van der Waals surface area (Å²) < 4.78 is 5.14. The molecule has 0 saturated carbocycles. The van der Waals surface area contributed by atoms with Gasteiger partial charge in [0.2, 0.25) is 0 Å². The molecule has 0 spiro atoms. The van der Waals surface area contributed by atoms with Crippen molar-refractivity contribution in [3.05, 3.63) is 11.6 Å². The fourth-order valence-corrected chi connectivity index (χ4v) is 1.40. The van der Waals surface area contributed by atoms with E-state index in [-0.39, 0.29) is 5.78 Å². The molecule has 2 aliphatic rings. The molecule has 0 aromatic heterocycles. The first-order valence-electron chi connectivity index (χ1n) is 3.17. The lowest BCUT2D eigenvalue weighted by Gasteiger charge is -1.95. The van der Waals surface area contributed by atoms with E-state index in [0.717, 1.165) is 6.61 Å². The number of fused-ring (bicyclic) bond motifs is 1. The standard InChI is InChI=1S/C7H8O2/c8-7-1-5-3-9-4-6(5)2-7/h1,6H,2-4H2/t6-/m1/s1. The Balaban J connectivity index is 2.27. The van der Waals surface area contributed by atoms with Gasteiger partial charge in [-0.1, -0.05) is 0 Å². The van der Waals surface area contributed by atoms with Gasteiger partial charge in [-0.15, -0.1) is 0 Å². The molecule has 1 fully saturated rings. The molecule has 1 heterocycles. The molecule has 2 nitrogen and oxygen atoms in total. The van der Waals surface area contributed by atoms with Crippen molar-refractivity contribution in [2.24, 2.45) is 5.92 Å². The number of ketones is 1. The molecule has 2 heteroatoms. The van der Waals surface area contributed by atoms with Crippen molar-refractivity contribution in [3.8, 4) is 0 Å². The van der Waals surface area contributed by atoms with Crippen molar-refractivity contribution < 1.29 is 9.53 Å². The van der Waals surface area contributed by atoms with Crippen LogP contribution in [0.3, 0.4) is 0 Å². The average Bonchev–Trinajstić information content (AvgIpc) is 2.22. The van der Waals surface area contributed by atoms with Crippen molar-refractivity contribution in [1.29, 1.82) is 0 Å². The minimum absolute atomic E-state index is 0.276. The summed E-state index contributed by atoms with van der Waals surface area (Å²) >= 11 is 0. The fraction of sp³-hybridized carbons (Fsp3) is 0.571. The number of carbonyl (C=O) groups excluding carboxylic acids is 1. The monoisotopic (exact) mass is 124 g/mol. The second kappa shape index (κ2) is 1.67. The summed E-state index contributed by atoms with van der Waals surface area (Å²) in [6.45, 7) is 1.45. The van der Waals surface area contributed by atoms with Gasteiger partial charge < -0.3 is 4.74 Å². The lowest BCUT2D eigenvalue weighted by molar-refractivity contribution is -0.114. The summed E-state index contributed by atoms with van der Waals surface area (Å²) in [5, 5.41) is 0. The molecule has 1 aliphatic carbocycles. The van der Waals surface area contributed by atoms with Gasteiger partial charge >= 0.3 is 0 Å². The molecule has 0 aromatic carbocycles. The molecule has 0 aromatic rings. The zero-order valence-corrected chi connectivity index (χ0v) is 5.09.